The van der Waals surface area contributed by atoms with Crippen molar-refractivity contribution in [3.05, 3.63) is 0 Å². The molecule has 0 aliphatic rings. The van der Waals surface area contributed by atoms with Gasteiger partial charge in [0, 0.05) is 0 Å². The minimum atomic E-state index is 0.457. The van der Waals surface area contributed by atoms with Gasteiger partial charge in [-0.25, -0.2) is 0 Å². The first-order valence-electron chi connectivity index (χ1n) is 9.50. The summed E-state index contributed by atoms with van der Waals surface area (Å²) in [6.07, 6.45) is 0. The van der Waals surface area contributed by atoms with Gasteiger partial charge in [0.2, 0.25) is 0 Å². The van der Waals surface area contributed by atoms with Crippen LogP contribution in [0.15, 0.2) is 0 Å². The molecule has 0 spiro atoms. The van der Waals surface area contributed by atoms with E-state index in [1.54, 1.807) is 61.3 Å². The Bertz CT molecular complexity index is 132. The van der Waals surface area contributed by atoms with E-state index >= 15 is 0 Å². The van der Waals surface area contributed by atoms with Crippen molar-refractivity contribution in [2.75, 3.05) is 0 Å². The van der Waals surface area contributed by atoms with Crippen molar-refractivity contribution in [2.24, 2.45) is 0 Å². The molecule has 0 bridgehead atoms. The summed E-state index contributed by atoms with van der Waals surface area (Å²) in [7, 11) is 0. The molecule has 0 N–H and O–H groups in total. The molecule has 0 saturated heterocycles. The molecule has 40 valence electrons. The van der Waals surface area contributed by atoms with Crippen LogP contribution >= 0.6 is 0 Å². The molecule has 0 saturated carbocycles. The molecule has 0 amide bonds. The molecule has 0 fully saturated rings. The summed E-state index contributed by atoms with van der Waals surface area (Å²) in [6.45, 7) is 0. The number of hydrogen-bond acceptors (Lipinski definition) is 0. The molecule has 0 unspecified atom stereocenters. The number of hydrogen-bond donors (Lipinski definition) is 0. The summed E-state index contributed by atoms with van der Waals surface area (Å²) in [4.78, 5) is 0. The van der Waals surface area contributed by atoms with Crippen molar-refractivity contribution in [1.29, 1.82) is 0 Å². The second kappa shape index (κ2) is 50.4. The second-order valence-corrected chi connectivity index (χ2v) is 2460. The van der Waals surface area contributed by atoms with Crippen LogP contribution in [-0.4, -0.2) is 285 Å². The Morgan fingerprint density at radius 1 is 0.250 bits per heavy atom. The van der Waals surface area contributed by atoms with Gasteiger partial charge in [-0.05, 0) is 0 Å². The predicted octanol–water partition coefficient (Wildman–Crippen LogP) is -7.62. The standard InChI is InChI=1S/20Ba. The van der Waals surface area contributed by atoms with Gasteiger partial charge in [-0.1, -0.05) is 0 Å². The summed E-state index contributed by atoms with van der Waals surface area (Å²) in [5, 5.41) is 0. The van der Waals surface area contributed by atoms with E-state index in [1.165, 1.54) is 0 Å². The van der Waals surface area contributed by atoms with Gasteiger partial charge in [-0.15, -0.1) is 0 Å². The maximum absolute atomic E-state index is 1.59. The molecular formula is Ba20. The van der Waals surface area contributed by atoms with Gasteiger partial charge in [0.1, 0.15) is 0 Å². The summed E-state index contributed by atoms with van der Waals surface area (Å²) in [5.74, 6) is 0. The van der Waals surface area contributed by atoms with E-state index in [4.69, 9.17) is 0 Å². The first-order chi connectivity index (χ1) is 9.91. The van der Waals surface area contributed by atoms with Crippen molar-refractivity contribution < 1.29 is 0 Å². The van der Waals surface area contributed by atoms with Crippen LogP contribution in [0.2, 0.25) is 0 Å². The van der Waals surface area contributed by atoms with Crippen LogP contribution in [0, 0.1) is 0 Å². The Morgan fingerprint density at radius 2 is 0.400 bits per heavy atom. The normalized spacial score (nSPS) is 3.70. The fourth-order valence-corrected chi connectivity index (χ4v) is 57800. The van der Waals surface area contributed by atoms with E-state index in [9.17, 15) is 0 Å². The van der Waals surface area contributed by atoms with Gasteiger partial charge < -0.3 is 0 Å². The molecule has 0 rings (SSSR count). The molecule has 0 nitrogen and oxygen atoms in total. The molecule has 20 heteroatoms. The molecule has 2 radical (unpaired) electrons. The quantitative estimate of drug-likeness (QED) is 0.101. The number of rotatable bonds is 17. The molecule has 0 aromatic rings. The van der Waals surface area contributed by atoms with E-state index < -0.39 is 0 Å². The van der Waals surface area contributed by atoms with Crippen LogP contribution in [0.5, 0.6) is 0 Å². The third-order valence-electron chi connectivity index (χ3n) is 4.25. The summed E-state index contributed by atoms with van der Waals surface area (Å²) in [5.41, 5.74) is 0. The van der Waals surface area contributed by atoms with Crippen LogP contribution in [-0.2, 0) is 0 Å². The van der Waals surface area contributed by atoms with Crippen LogP contribution in [0.3, 0.4) is 0 Å². The van der Waals surface area contributed by atoms with Crippen molar-refractivity contribution in [2.45, 2.75) is 0 Å². The summed E-state index contributed by atoms with van der Waals surface area (Å²) in [6, 6.07) is 0. The van der Waals surface area contributed by atoms with Crippen molar-refractivity contribution >= 4 is 285 Å². The van der Waals surface area contributed by atoms with Crippen LogP contribution in [0.25, 0.3) is 0 Å². The maximum atomic E-state index is 1.59. The summed E-state index contributed by atoms with van der Waals surface area (Å²) < 4.78 is 0. The van der Waals surface area contributed by atoms with Gasteiger partial charge >= 0.3 is 285 Å². The van der Waals surface area contributed by atoms with Gasteiger partial charge in [0.05, 0.1) is 0 Å². The summed E-state index contributed by atoms with van der Waals surface area (Å²) >= 11 is 13.4. The Morgan fingerprint density at radius 3 is 0.550 bits per heavy atom. The molecule has 0 aliphatic heterocycles. The SMILES string of the molecule is [Ba][Ba][Ba][Ba][Ba][Ba][Ba][Ba][Ba][Ba][Ba][Ba][Ba][Ba][Ba][Ba][Ba][Ba][Ba][Ba]. The Kier molecular flexibility index (Phi) is 130. The van der Waals surface area contributed by atoms with Crippen LogP contribution < -0.4 is 0 Å². The minimum absolute atomic E-state index is 0.457. The van der Waals surface area contributed by atoms with Crippen LogP contribution in [0.4, 0.5) is 0 Å². The average molecular weight is 2750 g/mol. The van der Waals surface area contributed by atoms with E-state index in [-0.39, 0.29) is 0 Å². The first kappa shape index (κ1) is 51.4. The van der Waals surface area contributed by atoms with Gasteiger partial charge in [0.15, 0.2) is 0 Å². The fraction of sp³-hybridized carbons (Fsp3) is 0. The zero-order valence-corrected chi connectivity index (χ0v) is 103. The third-order valence-corrected chi connectivity index (χ3v) is 11900. The predicted molar refractivity (Wildman–Crippen MR) is 115 cm³/mol. The molecule has 0 atom stereocenters. The Labute approximate surface area is 240 Å². The van der Waals surface area contributed by atoms with E-state index in [0.29, 0.717) is 224 Å². The Hall–Kier alpha value is 31.4. The van der Waals surface area contributed by atoms with E-state index in [1.807, 2.05) is 0 Å². The molecule has 0 aromatic carbocycles. The fourth-order valence-electron chi connectivity index (χ4n) is 2.83. The molecule has 0 heterocycles. The van der Waals surface area contributed by atoms with Gasteiger partial charge in [-0.3, -0.25) is 0 Å². The molecule has 20 heavy (non-hydrogen) atoms. The first-order valence-corrected chi connectivity index (χ1v) is 504. The third kappa shape index (κ3) is 49.4. The molecule has 0 aromatic heterocycles. The average Bonchev–Trinajstić information content (AvgIpc) is 2.47. The zero-order valence-electron chi connectivity index (χ0n) is 14.1. The topological polar surface area (TPSA) is 0 Å². The van der Waals surface area contributed by atoms with Crippen molar-refractivity contribution in [3.63, 3.8) is 0 Å². The van der Waals surface area contributed by atoms with E-state index in [2.05, 4.69) is 0 Å². The van der Waals surface area contributed by atoms with E-state index in [0.717, 1.165) is 0 Å². The van der Waals surface area contributed by atoms with Crippen molar-refractivity contribution in [3.8, 4) is 0 Å². The molecular weight excluding hydrogens is 2750 g/mol. The molecule has 0 aliphatic carbocycles. The second-order valence-electron chi connectivity index (χ2n) is 6.36. The Balaban J connectivity index is 2.89. The van der Waals surface area contributed by atoms with Gasteiger partial charge in [0.25, 0.3) is 0 Å². The van der Waals surface area contributed by atoms with Gasteiger partial charge in [-0.2, -0.15) is 0 Å². The van der Waals surface area contributed by atoms with Crippen LogP contribution in [0.1, 0.15) is 0 Å². The monoisotopic (exact) mass is 2760 g/mol. The zero-order chi connectivity index (χ0) is 14.7. The van der Waals surface area contributed by atoms with Crippen molar-refractivity contribution in [1.82, 2.24) is 0 Å².